The van der Waals surface area contributed by atoms with E-state index in [2.05, 4.69) is 41.5 Å². The van der Waals surface area contributed by atoms with Gasteiger partial charge in [-0.1, -0.05) is 29.9 Å². The fourth-order valence-corrected chi connectivity index (χ4v) is 1.18. The molecule has 0 atom stereocenters. The minimum absolute atomic E-state index is 1.01. The number of allylic oxidation sites excluding steroid dienone is 7. The van der Waals surface area contributed by atoms with Gasteiger partial charge in [0.1, 0.15) is 0 Å². The maximum absolute atomic E-state index is 4.66. The van der Waals surface area contributed by atoms with Crippen molar-refractivity contribution in [1.29, 1.82) is 0 Å². The maximum atomic E-state index is 4.66. The summed E-state index contributed by atoms with van der Waals surface area (Å²) in [6.07, 6.45) is 13.2. The Morgan fingerprint density at radius 1 is 1.54 bits per heavy atom. The second kappa shape index (κ2) is 5.38. The monoisotopic (exact) mass is 177 g/mol. The van der Waals surface area contributed by atoms with Crippen molar-refractivity contribution in [3.63, 3.8) is 0 Å². The number of nitrogens with one attached hydrogen (secondary N) is 1. The van der Waals surface area contributed by atoms with Crippen LogP contribution in [-0.2, 0) is 4.84 Å². The van der Waals surface area contributed by atoms with Gasteiger partial charge in [0.2, 0.25) is 0 Å². The summed E-state index contributed by atoms with van der Waals surface area (Å²) in [5.41, 5.74) is 5.25. The third-order valence-electron chi connectivity index (χ3n) is 1.74. The highest BCUT2D eigenvalue weighted by Crippen LogP contribution is 2.14. The summed E-state index contributed by atoms with van der Waals surface area (Å²) in [4.78, 5) is 4.66. The van der Waals surface area contributed by atoms with Crippen LogP contribution in [0.25, 0.3) is 0 Å². The molecule has 0 aromatic rings. The van der Waals surface area contributed by atoms with E-state index in [9.17, 15) is 0 Å². The molecule has 0 radical (unpaired) electrons. The van der Waals surface area contributed by atoms with Crippen LogP contribution in [0.5, 0.6) is 0 Å². The fraction of sp³-hybridized carbons (Fsp3) is 0.273. The van der Waals surface area contributed by atoms with Gasteiger partial charge in [-0.25, -0.2) is 0 Å². The molecule has 0 saturated carbocycles. The van der Waals surface area contributed by atoms with Crippen LogP contribution in [0.1, 0.15) is 13.3 Å². The van der Waals surface area contributed by atoms with E-state index in [1.807, 2.05) is 6.08 Å². The molecule has 0 aliphatic heterocycles. The highest BCUT2D eigenvalue weighted by Gasteiger charge is 1.94. The Bertz CT molecular complexity index is 272. The Kier molecular flexibility index (Phi) is 4.06. The van der Waals surface area contributed by atoms with Crippen LogP contribution >= 0.6 is 0 Å². The average molecular weight is 177 g/mol. The maximum Gasteiger partial charge on any atom is 0.0636 e. The van der Waals surface area contributed by atoms with Crippen LogP contribution in [0.4, 0.5) is 0 Å². The van der Waals surface area contributed by atoms with E-state index in [0.29, 0.717) is 0 Å². The topological polar surface area (TPSA) is 21.3 Å². The molecule has 0 heterocycles. The highest BCUT2D eigenvalue weighted by molar-refractivity contribution is 5.36. The van der Waals surface area contributed by atoms with E-state index in [1.54, 1.807) is 13.3 Å². The number of hydrogen-bond donors (Lipinski definition) is 1. The number of hydrogen-bond acceptors (Lipinski definition) is 2. The average Bonchev–Trinajstić information content (AvgIpc) is 2.13. The van der Waals surface area contributed by atoms with E-state index in [1.165, 1.54) is 11.1 Å². The van der Waals surface area contributed by atoms with Gasteiger partial charge in [0, 0.05) is 6.20 Å². The second-order valence-corrected chi connectivity index (χ2v) is 2.92. The van der Waals surface area contributed by atoms with Crippen LogP contribution in [0, 0.1) is 0 Å². The molecule has 0 saturated heterocycles. The van der Waals surface area contributed by atoms with Crippen LogP contribution in [0.2, 0.25) is 0 Å². The molecule has 1 N–H and O–H groups in total. The third kappa shape index (κ3) is 3.76. The van der Waals surface area contributed by atoms with Crippen LogP contribution in [0.15, 0.2) is 47.7 Å². The molecule has 1 rings (SSSR count). The van der Waals surface area contributed by atoms with Crippen molar-refractivity contribution in [2.24, 2.45) is 0 Å². The lowest BCUT2D eigenvalue weighted by Crippen LogP contribution is -1.99. The van der Waals surface area contributed by atoms with Crippen molar-refractivity contribution >= 4 is 0 Å². The van der Waals surface area contributed by atoms with Gasteiger partial charge in [-0.3, -0.25) is 10.3 Å². The first-order valence-corrected chi connectivity index (χ1v) is 4.32. The molecular weight excluding hydrogens is 162 g/mol. The van der Waals surface area contributed by atoms with Crippen molar-refractivity contribution in [1.82, 2.24) is 5.48 Å². The van der Waals surface area contributed by atoms with Crippen LogP contribution in [0.3, 0.4) is 0 Å². The van der Waals surface area contributed by atoms with Crippen molar-refractivity contribution in [3.8, 4) is 0 Å². The molecule has 0 bridgehead atoms. The summed E-state index contributed by atoms with van der Waals surface area (Å²) in [7, 11) is 1.59. The Morgan fingerprint density at radius 3 is 3.08 bits per heavy atom. The molecule has 13 heavy (non-hydrogen) atoms. The van der Waals surface area contributed by atoms with Crippen molar-refractivity contribution < 1.29 is 4.84 Å². The minimum Gasteiger partial charge on any atom is -0.280 e. The van der Waals surface area contributed by atoms with Gasteiger partial charge in [0.25, 0.3) is 0 Å². The molecule has 0 aromatic heterocycles. The normalized spacial score (nSPS) is 19.5. The summed E-state index contributed by atoms with van der Waals surface area (Å²) >= 11 is 0. The largest absolute Gasteiger partial charge is 0.280 e. The standard InChI is InChI=1S/C11H15NO/c1-10-5-3-6-11(9-10)7-4-8-12-13-2/h3-5,7-9,12H,6H2,1-2H3/b8-4-,11-7+. The molecular formula is C11H15NO. The predicted molar refractivity (Wildman–Crippen MR) is 54.9 cm³/mol. The summed E-state index contributed by atoms with van der Waals surface area (Å²) in [5.74, 6) is 0. The Balaban J connectivity index is 2.48. The number of rotatable bonds is 3. The summed E-state index contributed by atoms with van der Waals surface area (Å²) in [5, 5.41) is 0. The summed E-state index contributed by atoms with van der Waals surface area (Å²) in [6, 6.07) is 0. The van der Waals surface area contributed by atoms with Gasteiger partial charge in [0.15, 0.2) is 0 Å². The smallest absolute Gasteiger partial charge is 0.0636 e. The molecule has 0 unspecified atom stereocenters. The molecule has 2 heteroatoms. The van der Waals surface area contributed by atoms with Gasteiger partial charge in [0.05, 0.1) is 7.11 Å². The minimum atomic E-state index is 1.01. The van der Waals surface area contributed by atoms with Gasteiger partial charge < -0.3 is 0 Å². The first-order chi connectivity index (χ1) is 6.33. The van der Waals surface area contributed by atoms with Gasteiger partial charge in [-0.05, 0) is 25.0 Å². The Hall–Kier alpha value is -1.28. The quantitative estimate of drug-likeness (QED) is 0.669. The van der Waals surface area contributed by atoms with E-state index in [4.69, 9.17) is 0 Å². The SMILES string of the molecule is CON/C=C\C=C1\C=C(C)C=CC1. The lowest BCUT2D eigenvalue weighted by atomic mass is 10.0. The number of hydroxylamine groups is 1. The molecule has 2 nitrogen and oxygen atoms in total. The lowest BCUT2D eigenvalue weighted by molar-refractivity contribution is 0.128. The van der Waals surface area contributed by atoms with Crippen molar-refractivity contribution in [2.45, 2.75) is 13.3 Å². The fourth-order valence-electron chi connectivity index (χ4n) is 1.18. The molecule has 1 aliphatic rings. The molecule has 0 fully saturated rings. The molecule has 0 aromatic carbocycles. The molecule has 0 spiro atoms. The Labute approximate surface area is 79.2 Å². The van der Waals surface area contributed by atoms with Crippen molar-refractivity contribution in [3.05, 3.63) is 47.7 Å². The van der Waals surface area contributed by atoms with E-state index >= 15 is 0 Å². The Morgan fingerprint density at radius 2 is 2.38 bits per heavy atom. The molecule has 0 amide bonds. The molecule has 1 aliphatic carbocycles. The highest BCUT2D eigenvalue weighted by atomic mass is 16.6. The summed E-state index contributed by atoms with van der Waals surface area (Å²) < 4.78 is 0. The van der Waals surface area contributed by atoms with Gasteiger partial charge in [-0.2, -0.15) is 0 Å². The first kappa shape index (κ1) is 9.81. The van der Waals surface area contributed by atoms with E-state index < -0.39 is 0 Å². The van der Waals surface area contributed by atoms with Crippen molar-refractivity contribution in [2.75, 3.05) is 7.11 Å². The summed E-state index contributed by atoms with van der Waals surface area (Å²) in [6.45, 7) is 2.10. The molecule has 70 valence electrons. The predicted octanol–water partition coefficient (Wildman–Crippen LogP) is 2.48. The van der Waals surface area contributed by atoms with Crippen LogP contribution < -0.4 is 5.48 Å². The zero-order valence-corrected chi connectivity index (χ0v) is 8.08. The third-order valence-corrected chi connectivity index (χ3v) is 1.74. The van der Waals surface area contributed by atoms with Gasteiger partial charge >= 0.3 is 0 Å². The first-order valence-electron chi connectivity index (χ1n) is 4.32. The lowest BCUT2D eigenvalue weighted by Gasteiger charge is -2.03. The van der Waals surface area contributed by atoms with E-state index in [-0.39, 0.29) is 0 Å². The second-order valence-electron chi connectivity index (χ2n) is 2.92. The van der Waals surface area contributed by atoms with E-state index in [0.717, 1.165) is 6.42 Å². The zero-order valence-electron chi connectivity index (χ0n) is 8.08. The zero-order chi connectivity index (χ0) is 9.52. The van der Waals surface area contributed by atoms with Crippen LogP contribution in [-0.4, -0.2) is 7.11 Å². The van der Waals surface area contributed by atoms with Gasteiger partial charge in [-0.15, -0.1) is 0 Å².